The molecule has 0 saturated heterocycles. The Balaban J connectivity index is 1.57. The summed E-state index contributed by atoms with van der Waals surface area (Å²) in [5.41, 5.74) is 1.03. The average Bonchev–Trinajstić information content (AvgIpc) is 2.83. The van der Waals surface area contributed by atoms with E-state index in [0.29, 0.717) is 23.5 Å². The van der Waals surface area contributed by atoms with Crippen LogP contribution in [0.3, 0.4) is 0 Å². The van der Waals surface area contributed by atoms with Crippen LogP contribution in [0.2, 0.25) is 0 Å². The molecule has 0 unspecified atom stereocenters. The van der Waals surface area contributed by atoms with Crippen molar-refractivity contribution >= 4 is 17.9 Å². The van der Waals surface area contributed by atoms with Crippen molar-refractivity contribution in [2.24, 2.45) is 0 Å². The number of methoxy groups -OCH3 is 1. The highest BCUT2D eigenvalue weighted by atomic mass is 16.5. The van der Waals surface area contributed by atoms with E-state index in [-0.39, 0.29) is 17.1 Å². The Morgan fingerprint density at radius 3 is 1.34 bits per heavy atom. The van der Waals surface area contributed by atoms with Crippen molar-refractivity contribution in [1.82, 2.24) is 0 Å². The third-order valence-corrected chi connectivity index (χ3v) is 4.36. The van der Waals surface area contributed by atoms with Crippen molar-refractivity contribution in [2.75, 3.05) is 13.7 Å². The summed E-state index contributed by atoms with van der Waals surface area (Å²) in [5.74, 6) is -0.325. The molecule has 0 bridgehead atoms. The highest BCUT2D eigenvalue weighted by Crippen LogP contribution is 2.19. The number of ether oxygens (including phenoxy) is 4. The Morgan fingerprint density at radius 2 is 0.969 bits per heavy atom. The number of hydrogen-bond acceptors (Lipinski definition) is 7. The summed E-state index contributed by atoms with van der Waals surface area (Å²) in [6.45, 7) is 2.26. The minimum absolute atomic E-state index is 0.278. The first-order chi connectivity index (χ1) is 15.5. The molecule has 0 saturated carbocycles. The molecule has 0 spiro atoms. The van der Waals surface area contributed by atoms with Gasteiger partial charge in [0.25, 0.3) is 0 Å². The molecule has 0 N–H and O–H groups in total. The van der Waals surface area contributed by atoms with E-state index in [1.807, 2.05) is 6.92 Å². The maximum atomic E-state index is 12.4. The van der Waals surface area contributed by atoms with E-state index in [1.165, 1.54) is 48.5 Å². The highest BCUT2D eigenvalue weighted by molar-refractivity contribution is 5.93. The van der Waals surface area contributed by atoms with Gasteiger partial charge in [0.2, 0.25) is 0 Å². The van der Waals surface area contributed by atoms with Crippen molar-refractivity contribution < 1.29 is 33.3 Å². The van der Waals surface area contributed by atoms with Gasteiger partial charge in [0.1, 0.15) is 17.2 Å². The van der Waals surface area contributed by atoms with Crippen LogP contribution >= 0.6 is 0 Å². The van der Waals surface area contributed by atoms with Crippen LogP contribution in [0.25, 0.3) is 0 Å². The molecule has 0 aliphatic heterocycles. The smallest absolute Gasteiger partial charge is 0.343 e. The molecule has 0 aliphatic carbocycles. The highest BCUT2D eigenvalue weighted by Gasteiger charge is 2.13. The summed E-state index contributed by atoms with van der Waals surface area (Å²) < 4.78 is 20.7. The van der Waals surface area contributed by atoms with Gasteiger partial charge >= 0.3 is 17.9 Å². The van der Waals surface area contributed by atoms with E-state index in [4.69, 9.17) is 18.9 Å². The van der Waals surface area contributed by atoms with E-state index in [0.717, 1.165) is 6.42 Å². The third-order valence-electron chi connectivity index (χ3n) is 4.36. The van der Waals surface area contributed by atoms with E-state index in [1.54, 1.807) is 31.4 Å². The molecule has 32 heavy (non-hydrogen) atoms. The normalized spacial score (nSPS) is 10.2. The van der Waals surface area contributed by atoms with Gasteiger partial charge in [-0.25, -0.2) is 14.4 Å². The monoisotopic (exact) mass is 434 g/mol. The van der Waals surface area contributed by atoms with Gasteiger partial charge in [-0.05, 0) is 79.2 Å². The predicted molar refractivity (Wildman–Crippen MR) is 116 cm³/mol. The fraction of sp³-hybridized carbons (Fsp3) is 0.160. The van der Waals surface area contributed by atoms with Crippen LogP contribution in [-0.2, 0) is 4.74 Å². The second-order valence-corrected chi connectivity index (χ2v) is 6.69. The third kappa shape index (κ3) is 5.95. The van der Waals surface area contributed by atoms with Gasteiger partial charge in [0, 0.05) is 0 Å². The van der Waals surface area contributed by atoms with Gasteiger partial charge in [-0.3, -0.25) is 0 Å². The topological polar surface area (TPSA) is 88.1 Å². The fourth-order valence-corrected chi connectivity index (χ4v) is 2.66. The minimum atomic E-state index is -0.584. The largest absolute Gasteiger partial charge is 0.497 e. The molecule has 7 heteroatoms. The lowest BCUT2D eigenvalue weighted by Gasteiger charge is -2.08. The van der Waals surface area contributed by atoms with Crippen molar-refractivity contribution in [3.05, 3.63) is 89.5 Å². The lowest BCUT2D eigenvalue weighted by molar-refractivity contribution is 0.0504. The van der Waals surface area contributed by atoms with Gasteiger partial charge in [-0.15, -0.1) is 0 Å². The number of hydrogen-bond donors (Lipinski definition) is 0. The molecule has 3 aromatic carbocycles. The average molecular weight is 434 g/mol. The molecule has 0 atom stereocenters. The zero-order valence-corrected chi connectivity index (χ0v) is 17.7. The van der Waals surface area contributed by atoms with Crippen LogP contribution in [0.4, 0.5) is 0 Å². The minimum Gasteiger partial charge on any atom is -0.497 e. The first-order valence-electron chi connectivity index (χ1n) is 9.96. The molecule has 0 amide bonds. The molecular formula is C25H22O7. The first kappa shape index (κ1) is 22.6. The van der Waals surface area contributed by atoms with E-state index in [9.17, 15) is 14.4 Å². The van der Waals surface area contributed by atoms with Crippen LogP contribution < -0.4 is 14.2 Å². The fourth-order valence-electron chi connectivity index (χ4n) is 2.66. The van der Waals surface area contributed by atoms with Crippen molar-refractivity contribution in [3.8, 4) is 17.2 Å². The van der Waals surface area contributed by atoms with E-state index >= 15 is 0 Å². The van der Waals surface area contributed by atoms with Crippen LogP contribution in [0.15, 0.2) is 72.8 Å². The summed E-state index contributed by atoms with van der Waals surface area (Å²) in [6.07, 6.45) is 0.737. The Kier molecular flexibility index (Phi) is 7.59. The number of carbonyl (C=O) groups excluding carboxylic acids is 3. The molecule has 0 radical (unpaired) electrons. The number of benzene rings is 3. The van der Waals surface area contributed by atoms with Gasteiger partial charge in [0.15, 0.2) is 0 Å². The van der Waals surface area contributed by atoms with Crippen molar-refractivity contribution in [1.29, 1.82) is 0 Å². The van der Waals surface area contributed by atoms with Crippen LogP contribution in [0.1, 0.15) is 44.4 Å². The zero-order valence-electron chi connectivity index (χ0n) is 17.7. The summed E-state index contributed by atoms with van der Waals surface area (Å²) in [5, 5.41) is 0. The summed E-state index contributed by atoms with van der Waals surface area (Å²) in [7, 11) is 1.54. The van der Waals surface area contributed by atoms with Gasteiger partial charge < -0.3 is 18.9 Å². The molecule has 3 aromatic rings. The Hall–Kier alpha value is -4.13. The standard InChI is InChI=1S/C25H22O7/c1-3-16-30-23(26)17-6-12-21(13-7-17)31-25(28)19-8-14-22(15-9-19)32-24(27)18-4-10-20(29-2)11-5-18/h4-15H,3,16H2,1-2H3. The van der Waals surface area contributed by atoms with E-state index < -0.39 is 17.9 Å². The Morgan fingerprint density at radius 1 is 0.594 bits per heavy atom. The van der Waals surface area contributed by atoms with Crippen LogP contribution in [0, 0.1) is 0 Å². The molecule has 0 aliphatic rings. The Bertz CT molecular complexity index is 1070. The predicted octanol–water partition coefficient (Wildman–Crippen LogP) is 4.70. The molecule has 164 valence electrons. The van der Waals surface area contributed by atoms with Crippen LogP contribution in [0.5, 0.6) is 17.2 Å². The van der Waals surface area contributed by atoms with Crippen LogP contribution in [-0.4, -0.2) is 31.6 Å². The second-order valence-electron chi connectivity index (χ2n) is 6.69. The van der Waals surface area contributed by atoms with Gasteiger partial charge in [-0.1, -0.05) is 6.92 Å². The zero-order chi connectivity index (χ0) is 22.9. The maximum Gasteiger partial charge on any atom is 0.343 e. The summed E-state index contributed by atoms with van der Waals surface area (Å²) >= 11 is 0. The van der Waals surface area contributed by atoms with Gasteiger partial charge in [0.05, 0.1) is 30.4 Å². The SMILES string of the molecule is CCCOC(=O)c1ccc(OC(=O)c2ccc(OC(=O)c3ccc(OC)cc3)cc2)cc1. The number of rotatable bonds is 8. The van der Waals surface area contributed by atoms with E-state index in [2.05, 4.69) is 0 Å². The number of carbonyl (C=O) groups is 3. The maximum absolute atomic E-state index is 12.4. The molecule has 3 rings (SSSR count). The summed E-state index contributed by atoms with van der Waals surface area (Å²) in [6, 6.07) is 18.6. The number of esters is 3. The molecule has 0 fully saturated rings. The quantitative estimate of drug-likeness (QED) is 0.375. The first-order valence-corrected chi connectivity index (χ1v) is 9.96. The Labute approximate surface area is 185 Å². The second kappa shape index (κ2) is 10.8. The molecule has 7 nitrogen and oxygen atoms in total. The van der Waals surface area contributed by atoms with Gasteiger partial charge in [-0.2, -0.15) is 0 Å². The molecule has 0 heterocycles. The lowest BCUT2D eigenvalue weighted by Crippen LogP contribution is -2.10. The van der Waals surface area contributed by atoms with Crippen molar-refractivity contribution in [3.63, 3.8) is 0 Å². The summed E-state index contributed by atoms with van der Waals surface area (Å²) in [4.78, 5) is 36.4. The van der Waals surface area contributed by atoms with Crippen molar-refractivity contribution in [2.45, 2.75) is 13.3 Å². The molecular weight excluding hydrogens is 412 g/mol. The lowest BCUT2D eigenvalue weighted by atomic mass is 10.2. The molecule has 0 aromatic heterocycles.